The van der Waals surface area contributed by atoms with E-state index in [1.807, 2.05) is 6.26 Å². The topological polar surface area (TPSA) is 38.8 Å². The van der Waals surface area contributed by atoms with E-state index in [4.69, 9.17) is 9.47 Å². The lowest BCUT2D eigenvalue weighted by atomic mass is 10.3. The Morgan fingerprint density at radius 2 is 2.25 bits per heavy atom. The van der Waals surface area contributed by atoms with Crippen LogP contribution < -0.4 is 0 Å². The van der Waals surface area contributed by atoms with Gasteiger partial charge in [-0.3, -0.25) is 0 Å². The SMILES string of the molecule is CCCCOC(=O)N1CC(OC)C(SC)C1. The molecule has 94 valence electrons. The summed E-state index contributed by atoms with van der Waals surface area (Å²) in [5, 5.41) is 0.365. The van der Waals surface area contributed by atoms with Gasteiger partial charge in [0.15, 0.2) is 0 Å². The van der Waals surface area contributed by atoms with Crippen molar-refractivity contribution in [2.75, 3.05) is 33.1 Å². The van der Waals surface area contributed by atoms with Crippen molar-refractivity contribution in [3.05, 3.63) is 0 Å². The fourth-order valence-electron chi connectivity index (χ4n) is 1.74. The number of ether oxygens (including phenoxy) is 2. The van der Waals surface area contributed by atoms with E-state index >= 15 is 0 Å². The third-order valence-electron chi connectivity index (χ3n) is 2.80. The standard InChI is InChI=1S/C11H21NO3S/c1-4-5-6-15-11(13)12-7-9(14-2)10(8-12)16-3/h9-10H,4-8H2,1-3H3. The Hall–Kier alpha value is -0.420. The van der Waals surface area contributed by atoms with Gasteiger partial charge in [-0.15, -0.1) is 0 Å². The van der Waals surface area contributed by atoms with Gasteiger partial charge in [-0.05, 0) is 12.7 Å². The number of amides is 1. The van der Waals surface area contributed by atoms with Crippen molar-refractivity contribution in [1.29, 1.82) is 0 Å². The second-order valence-electron chi connectivity index (χ2n) is 3.92. The van der Waals surface area contributed by atoms with Crippen LogP contribution in [0.15, 0.2) is 0 Å². The van der Waals surface area contributed by atoms with Gasteiger partial charge >= 0.3 is 6.09 Å². The molecular formula is C11H21NO3S. The van der Waals surface area contributed by atoms with E-state index in [2.05, 4.69) is 6.92 Å². The smallest absolute Gasteiger partial charge is 0.409 e. The minimum absolute atomic E-state index is 0.133. The number of methoxy groups -OCH3 is 1. The molecule has 1 heterocycles. The summed E-state index contributed by atoms with van der Waals surface area (Å²) < 4.78 is 10.5. The molecule has 1 rings (SSSR count). The lowest BCUT2D eigenvalue weighted by Crippen LogP contribution is -2.30. The summed E-state index contributed by atoms with van der Waals surface area (Å²) in [6, 6.07) is 0. The van der Waals surface area contributed by atoms with Gasteiger partial charge < -0.3 is 14.4 Å². The molecule has 1 aliphatic rings. The van der Waals surface area contributed by atoms with Gasteiger partial charge in [0.2, 0.25) is 0 Å². The predicted octanol–water partition coefficient (Wildman–Crippen LogP) is 1.99. The molecule has 1 fully saturated rings. The molecule has 0 aromatic rings. The second-order valence-corrected chi connectivity index (χ2v) is 5.00. The van der Waals surface area contributed by atoms with E-state index in [0.29, 0.717) is 18.4 Å². The Morgan fingerprint density at radius 3 is 2.75 bits per heavy atom. The first kappa shape index (κ1) is 13.6. The lowest BCUT2D eigenvalue weighted by Gasteiger charge is -2.15. The van der Waals surface area contributed by atoms with E-state index < -0.39 is 0 Å². The number of unbranched alkanes of at least 4 members (excludes halogenated alkanes) is 1. The third-order valence-corrected chi connectivity index (χ3v) is 3.86. The van der Waals surface area contributed by atoms with Gasteiger partial charge in [0.25, 0.3) is 0 Å². The quantitative estimate of drug-likeness (QED) is 0.696. The van der Waals surface area contributed by atoms with Crippen LogP contribution in [0.1, 0.15) is 19.8 Å². The zero-order valence-corrected chi connectivity index (χ0v) is 11.1. The maximum absolute atomic E-state index is 11.7. The first-order chi connectivity index (χ1) is 7.72. The molecule has 5 heteroatoms. The largest absolute Gasteiger partial charge is 0.449 e. The highest BCUT2D eigenvalue weighted by Crippen LogP contribution is 2.23. The molecule has 0 aliphatic carbocycles. The summed E-state index contributed by atoms with van der Waals surface area (Å²) in [7, 11) is 1.69. The summed E-state index contributed by atoms with van der Waals surface area (Å²) in [5.41, 5.74) is 0. The van der Waals surface area contributed by atoms with E-state index in [9.17, 15) is 4.79 Å². The monoisotopic (exact) mass is 247 g/mol. The first-order valence-electron chi connectivity index (χ1n) is 5.70. The van der Waals surface area contributed by atoms with Gasteiger partial charge in [-0.25, -0.2) is 4.79 Å². The fourth-order valence-corrected chi connectivity index (χ4v) is 2.57. The number of likely N-dealkylation sites (tertiary alicyclic amines) is 1. The molecule has 0 N–H and O–H groups in total. The predicted molar refractivity (Wildman–Crippen MR) is 65.9 cm³/mol. The summed E-state index contributed by atoms with van der Waals surface area (Å²) in [5.74, 6) is 0. The van der Waals surface area contributed by atoms with Crippen LogP contribution in [0.25, 0.3) is 0 Å². The summed E-state index contributed by atoms with van der Waals surface area (Å²) in [4.78, 5) is 13.4. The molecular weight excluding hydrogens is 226 g/mol. The van der Waals surface area contributed by atoms with Crippen molar-refractivity contribution < 1.29 is 14.3 Å². The van der Waals surface area contributed by atoms with Gasteiger partial charge in [-0.1, -0.05) is 13.3 Å². The Bertz CT molecular complexity index is 213. The molecule has 1 aliphatic heterocycles. The molecule has 0 spiro atoms. The number of rotatable bonds is 5. The van der Waals surface area contributed by atoms with Crippen LogP contribution >= 0.6 is 11.8 Å². The van der Waals surface area contributed by atoms with Crippen molar-refractivity contribution in [3.63, 3.8) is 0 Å². The second kappa shape index (κ2) is 7.01. The van der Waals surface area contributed by atoms with E-state index in [1.54, 1.807) is 23.8 Å². The van der Waals surface area contributed by atoms with E-state index in [1.165, 1.54) is 0 Å². The van der Waals surface area contributed by atoms with Crippen molar-refractivity contribution in [1.82, 2.24) is 4.90 Å². The molecule has 1 saturated heterocycles. The van der Waals surface area contributed by atoms with Crippen LogP contribution in [0.3, 0.4) is 0 Å². The van der Waals surface area contributed by atoms with Gasteiger partial charge in [-0.2, -0.15) is 11.8 Å². The maximum Gasteiger partial charge on any atom is 0.409 e. The number of hydrogen-bond acceptors (Lipinski definition) is 4. The molecule has 0 radical (unpaired) electrons. The highest BCUT2D eigenvalue weighted by atomic mass is 32.2. The molecule has 0 bridgehead atoms. The molecule has 0 saturated carbocycles. The van der Waals surface area contributed by atoms with E-state index in [0.717, 1.165) is 19.4 Å². The molecule has 2 atom stereocenters. The van der Waals surface area contributed by atoms with Crippen molar-refractivity contribution in [2.24, 2.45) is 0 Å². The Morgan fingerprint density at radius 1 is 1.50 bits per heavy atom. The minimum atomic E-state index is -0.202. The van der Waals surface area contributed by atoms with Gasteiger partial charge in [0.05, 0.1) is 24.5 Å². The highest BCUT2D eigenvalue weighted by Gasteiger charge is 2.35. The van der Waals surface area contributed by atoms with Crippen molar-refractivity contribution >= 4 is 17.9 Å². The molecule has 2 unspecified atom stereocenters. The van der Waals surface area contributed by atoms with Crippen molar-refractivity contribution in [2.45, 2.75) is 31.1 Å². The van der Waals surface area contributed by atoms with Gasteiger partial charge in [0.1, 0.15) is 0 Å². The highest BCUT2D eigenvalue weighted by molar-refractivity contribution is 7.99. The van der Waals surface area contributed by atoms with E-state index in [-0.39, 0.29) is 12.2 Å². The molecule has 0 aromatic heterocycles. The first-order valence-corrected chi connectivity index (χ1v) is 6.99. The zero-order valence-electron chi connectivity index (χ0n) is 10.3. The number of carbonyl (C=O) groups is 1. The minimum Gasteiger partial charge on any atom is -0.449 e. The number of carbonyl (C=O) groups excluding carboxylic acids is 1. The van der Waals surface area contributed by atoms with Crippen LogP contribution in [0, 0.1) is 0 Å². The summed E-state index contributed by atoms with van der Waals surface area (Å²) in [6.45, 7) is 3.97. The van der Waals surface area contributed by atoms with Crippen LogP contribution in [0.5, 0.6) is 0 Å². The van der Waals surface area contributed by atoms with Crippen LogP contribution in [0.2, 0.25) is 0 Å². The Kier molecular flexibility index (Phi) is 5.98. The molecule has 1 amide bonds. The summed E-state index contributed by atoms with van der Waals surface area (Å²) >= 11 is 1.74. The maximum atomic E-state index is 11.7. The molecule has 0 aromatic carbocycles. The van der Waals surface area contributed by atoms with Gasteiger partial charge in [0, 0.05) is 13.7 Å². The number of thioether (sulfide) groups is 1. The average molecular weight is 247 g/mol. The molecule has 4 nitrogen and oxygen atoms in total. The number of hydrogen-bond donors (Lipinski definition) is 0. The zero-order chi connectivity index (χ0) is 12.0. The number of nitrogens with zero attached hydrogens (tertiary/aromatic N) is 1. The Balaban J connectivity index is 2.35. The summed E-state index contributed by atoms with van der Waals surface area (Å²) in [6.07, 6.45) is 3.95. The normalized spacial score (nSPS) is 24.8. The van der Waals surface area contributed by atoms with Crippen LogP contribution in [-0.4, -0.2) is 55.4 Å². The molecule has 16 heavy (non-hydrogen) atoms. The van der Waals surface area contributed by atoms with Crippen LogP contribution in [-0.2, 0) is 9.47 Å². The fraction of sp³-hybridized carbons (Fsp3) is 0.909. The average Bonchev–Trinajstić information content (AvgIpc) is 2.72. The lowest BCUT2D eigenvalue weighted by molar-refractivity contribution is 0.0885. The Labute approximate surface area is 102 Å². The third kappa shape index (κ3) is 3.56. The van der Waals surface area contributed by atoms with Crippen LogP contribution in [0.4, 0.5) is 4.79 Å². The van der Waals surface area contributed by atoms with Crippen molar-refractivity contribution in [3.8, 4) is 0 Å².